The van der Waals surface area contributed by atoms with Crippen molar-refractivity contribution in [1.29, 1.82) is 0 Å². The lowest BCUT2D eigenvalue weighted by atomic mass is 10.3. The Bertz CT molecular complexity index is 1070. The number of fused-ring (bicyclic) bond motifs is 1. The van der Waals surface area contributed by atoms with E-state index in [0.29, 0.717) is 0 Å². The second kappa shape index (κ2) is 7.11. The summed E-state index contributed by atoms with van der Waals surface area (Å²) >= 11 is 5.72. The van der Waals surface area contributed by atoms with Crippen LogP contribution in [-0.4, -0.2) is 43.4 Å². The van der Waals surface area contributed by atoms with Crippen LogP contribution >= 0.6 is 11.6 Å². The van der Waals surface area contributed by atoms with E-state index in [9.17, 15) is 22.4 Å². The van der Waals surface area contributed by atoms with Gasteiger partial charge in [-0.2, -0.15) is 18.2 Å². The van der Waals surface area contributed by atoms with E-state index in [2.05, 4.69) is 19.8 Å². The molecule has 3 heterocycles. The van der Waals surface area contributed by atoms with E-state index in [-0.39, 0.29) is 22.1 Å². The molecule has 0 aliphatic heterocycles. The van der Waals surface area contributed by atoms with Crippen molar-refractivity contribution in [3.8, 4) is 17.4 Å². The third-order valence-corrected chi connectivity index (χ3v) is 3.53. The Hall–Kier alpha value is -3.15. The number of ether oxygens (including phenoxy) is 2. The molecule has 148 valence electrons. The normalized spacial score (nSPS) is 11.6. The first-order valence-electron chi connectivity index (χ1n) is 7.37. The van der Waals surface area contributed by atoms with Crippen LogP contribution in [0.4, 0.5) is 17.6 Å². The molecule has 0 aliphatic carbocycles. The number of hydrogen-bond acceptors (Lipinski definition) is 6. The number of hydrogen-bond donors (Lipinski definition) is 1. The Kier molecular flexibility index (Phi) is 4.98. The summed E-state index contributed by atoms with van der Waals surface area (Å²) in [4.78, 5) is 18.3. The summed E-state index contributed by atoms with van der Waals surface area (Å²) in [5.41, 5.74) is -0.241. The largest absolute Gasteiger partial charge is 0.478 e. The molecule has 1 N–H and O–H groups in total. The van der Waals surface area contributed by atoms with Crippen molar-refractivity contribution >= 4 is 23.2 Å². The highest BCUT2D eigenvalue weighted by molar-refractivity contribution is 6.30. The quantitative estimate of drug-likeness (QED) is 0.629. The van der Waals surface area contributed by atoms with E-state index in [0.717, 1.165) is 22.8 Å². The van der Waals surface area contributed by atoms with Gasteiger partial charge in [0.05, 0.1) is 10.7 Å². The average Bonchev–Trinajstić information content (AvgIpc) is 3.05. The van der Waals surface area contributed by atoms with Crippen LogP contribution < -0.4 is 9.47 Å². The van der Waals surface area contributed by atoms with Crippen LogP contribution in [0.1, 0.15) is 16.3 Å². The molecule has 8 nitrogen and oxygen atoms in total. The van der Waals surface area contributed by atoms with Crippen molar-refractivity contribution in [2.24, 2.45) is 0 Å². The number of rotatable bonds is 5. The van der Waals surface area contributed by atoms with E-state index in [1.807, 2.05) is 0 Å². The predicted molar refractivity (Wildman–Crippen MR) is 85.5 cm³/mol. The highest BCUT2D eigenvalue weighted by Gasteiger charge is 2.29. The highest BCUT2D eigenvalue weighted by Crippen LogP contribution is 2.34. The summed E-state index contributed by atoms with van der Waals surface area (Å²) in [5, 5.41) is 12.6. The van der Waals surface area contributed by atoms with Gasteiger partial charge in [0, 0.05) is 18.3 Å². The number of halogens is 5. The fraction of sp³-hybridized carbons (Fsp3) is 0.200. The first-order chi connectivity index (χ1) is 13.0. The number of carboxylic acid groups (broad SMARTS) is 1. The summed E-state index contributed by atoms with van der Waals surface area (Å²) in [6, 6.07) is 1.92. The average molecular weight is 421 g/mol. The molecule has 28 heavy (non-hydrogen) atoms. The van der Waals surface area contributed by atoms with Crippen LogP contribution in [0.3, 0.4) is 0 Å². The molecule has 0 atom stereocenters. The molecule has 0 aromatic carbocycles. The Morgan fingerprint density at radius 3 is 2.68 bits per heavy atom. The number of aromatic carboxylic acids is 1. The third kappa shape index (κ3) is 4.06. The Morgan fingerprint density at radius 2 is 2.04 bits per heavy atom. The summed E-state index contributed by atoms with van der Waals surface area (Å²) < 4.78 is 62.4. The number of carbonyl (C=O) groups is 1. The Labute approximate surface area is 158 Å². The van der Waals surface area contributed by atoms with Crippen LogP contribution in [0.2, 0.25) is 5.02 Å². The number of nitrogens with zero attached hydrogens (tertiary/aromatic N) is 4. The van der Waals surface area contributed by atoms with Gasteiger partial charge in [0.25, 0.3) is 11.7 Å². The van der Waals surface area contributed by atoms with Gasteiger partial charge in [-0.1, -0.05) is 11.6 Å². The monoisotopic (exact) mass is 420 g/mol. The van der Waals surface area contributed by atoms with Gasteiger partial charge in [0.2, 0.25) is 0 Å². The molecule has 3 aromatic rings. The second-order valence-electron chi connectivity index (χ2n) is 5.38. The van der Waals surface area contributed by atoms with E-state index in [1.165, 1.54) is 6.92 Å². The molecule has 0 fully saturated rings. The van der Waals surface area contributed by atoms with Gasteiger partial charge in [-0.15, -0.1) is 5.10 Å². The third-order valence-electron chi connectivity index (χ3n) is 3.33. The van der Waals surface area contributed by atoms with Crippen molar-refractivity contribution in [2.45, 2.75) is 13.1 Å². The SMILES string of the molecule is Cc1c(Oc2ncc(Cl)cc2OCC(F)(F)F)cc(F)c2nc(C(=O)O)nn12. The number of alkyl halides is 3. The number of aryl methyl sites for hydroxylation is 1. The Morgan fingerprint density at radius 1 is 1.32 bits per heavy atom. The van der Waals surface area contributed by atoms with E-state index >= 15 is 0 Å². The van der Waals surface area contributed by atoms with Gasteiger partial charge in [0.1, 0.15) is 0 Å². The maximum Gasteiger partial charge on any atom is 0.422 e. The second-order valence-corrected chi connectivity index (χ2v) is 5.82. The molecular weight excluding hydrogens is 412 g/mol. The minimum atomic E-state index is -4.62. The molecular formula is C15H9ClF4N4O4. The summed E-state index contributed by atoms with van der Waals surface area (Å²) in [7, 11) is 0. The van der Waals surface area contributed by atoms with Crippen LogP contribution in [0.25, 0.3) is 5.65 Å². The lowest BCUT2D eigenvalue weighted by Gasteiger charge is -2.14. The fourth-order valence-corrected chi connectivity index (χ4v) is 2.28. The van der Waals surface area contributed by atoms with Gasteiger partial charge in [-0.3, -0.25) is 0 Å². The zero-order valence-electron chi connectivity index (χ0n) is 13.8. The predicted octanol–water partition coefficient (Wildman–Crippen LogP) is 3.66. The smallest absolute Gasteiger partial charge is 0.422 e. The minimum Gasteiger partial charge on any atom is -0.478 e. The van der Waals surface area contributed by atoms with Crippen LogP contribution in [0, 0.1) is 12.7 Å². The lowest BCUT2D eigenvalue weighted by molar-refractivity contribution is -0.153. The summed E-state index contributed by atoms with van der Waals surface area (Å²) in [6.07, 6.45) is -3.52. The van der Waals surface area contributed by atoms with Crippen molar-refractivity contribution in [1.82, 2.24) is 19.6 Å². The molecule has 0 saturated carbocycles. The first-order valence-corrected chi connectivity index (χ1v) is 7.75. The zero-order chi connectivity index (χ0) is 20.6. The van der Waals surface area contributed by atoms with Gasteiger partial charge >= 0.3 is 12.1 Å². The summed E-state index contributed by atoms with van der Waals surface area (Å²) in [5.74, 6) is -4.10. The van der Waals surface area contributed by atoms with Crippen LogP contribution in [0.15, 0.2) is 18.3 Å². The van der Waals surface area contributed by atoms with Crippen LogP contribution in [0.5, 0.6) is 17.4 Å². The fourth-order valence-electron chi connectivity index (χ4n) is 2.13. The molecule has 0 saturated heterocycles. The van der Waals surface area contributed by atoms with Crippen molar-refractivity contribution in [3.05, 3.63) is 40.7 Å². The van der Waals surface area contributed by atoms with Gasteiger partial charge in [0.15, 0.2) is 29.6 Å². The van der Waals surface area contributed by atoms with Crippen molar-refractivity contribution < 1.29 is 36.9 Å². The maximum absolute atomic E-state index is 14.3. The minimum absolute atomic E-state index is 0.00902. The van der Waals surface area contributed by atoms with Gasteiger partial charge in [-0.25, -0.2) is 18.7 Å². The summed E-state index contributed by atoms with van der Waals surface area (Å²) in [6.45, 7) is -0.211. The lowest BCUT2D eigenvalue weighted by Crippen LogP contribution is -2.19. The van der Waals surface area contributed by atoms with Crippen molar-refractivity contribution in [2.75, 3.05) is 6.61 Å². The molecule has 0 bridgehead atoms. The van der Waals surface area contributed by atoms with E-state index in [1.54, 1.807) is 0 Å². The van der Waals surface area contributed by atoms with Gasteiger partial charge < -0.3 is 14.6 Å². The van der Waals surface area contributed by atoms with E-state index in [4.69, 9.17) is 21.4 Å². The Balaban J connectivity index is 2.01. The molecule has 0 aliphatic rings. The van der Waals surface area contributed by atoms with Crippen LogP contribution in [-0.2, 0) is 0 Å². The zero-order valence-corrected chi connectivity index (χ0v) is 14.5. The molecule has 3 aromatic heterocycles. The standard InChI is InChI=1S/C15H9ClF4N4O4/c1-6-9(3-8(17)12-22-11(14(25)26)23-24(6)12)28-13-10(2-7(16)4-21-13)27-5-15(18,19)20/h2-4H,5H2,1H3,(H,25,26). The first kappa shape index (κ1) is 19.6. The number of carboxylic acids is 1. The highest BCUT2D eigenvalue weighted by atomic mass is 35.5. The molecule has 0 unspecified atom stereocenters. The molecule has 0 spiro atoms. The maximum atomic E-state index is 14.3. The van der Waals surface area contributed by atoms with Crippen molar-refractivity contribution in [3.63, 3.8) is 0 Å². The molecule has 13 heteroatoms. The number of pyridine rings is 2. The molecule has 0 radical (unpaired) electrons. The number of aromatic nitrogens is 4. The molecule has 0 amide bonds. The molecule has 3 rings (SSSR count). The van der Waals surface area contributed by atoms with E-state index < -0.39 is 42.0 Å². The van der Waals surface area contributed by atoms with Gasteiger partial charge in [-0.05, 0) is 6.92 Å². The topological polar surface area (TPSA) is 98.8 Å².